The van der Waals surface area contributed by atoms with Crippen molar-refractivity contribution in [3.8, 4) is 0 Å². The van der Waals surface area contributed by atoms with Crippen LogP contribution in [0.15, 0.2) is 30.7 Å². The summed E-state index contributed by atoms with van der Waals surface area (Å²) in [4.78, 5) is 4.03. The molecule has 88 valence electrons. The second-order valence-corrected chi connectivity index (χ2v) is 4.00. The van der Waals surface area contributed by atoms with Crippen LogP contribution in [0.5, 0.6) is 0 Å². The van der Waals surface area contributed by atoms with Gasteiger partial charge in [0.2, 0.25) is 0 Å². The average molecular weight is 236 g/mol. The van der Waals surface area contributed by atoms with Gasteiger partial charge in [0.15, 0.2) is 11.6 Å². The first kappa shape index (κ1) is 10.4. The largest absolute Gasteiger partial charge is 0.373 e. The Labute approximate surface area is 96.7 Å². The number of ether oxygens (including phenoxy) is 1. The van der Waals surface area contributed by atoms with E-state index in [4.69, 9.17) is 4.74 Å². The highest BCUT2D eigenvalue weighted by molar-refractivity contribution is 5.24. The van der Waals surface area contributed by atoms with Gasteiger partial charge in [-0.05, 0) is 17.7 Å². The molecule has 1 aliphatic rings. The Kier molecular flexibility index (Phi) is 2.40. The molecule has 0 spiro atoms. The van der Waals surface area contributed by atoms with Crippen molar-refractivity contribution in [2.45, 2.75) is 12.6 Å². The number of benzene rings is 1. The Morgan fingerprint density at radius 2 is 2.18 bits per heavy atom. The molecule has 1 aromatic carbocycles. The summed E-state index contributed by atoms with van der Waals surface area (Å²) in [6.45, 7) is 0.939. The van der Waals surface area contributed by atoms with E-state index >= 15 is 0 Å². The van der Waals surface area contributed by atoms with Gasteiger partial charge >= 0.3 is 0 Å². The van der Waals surface area contributed by atoms with Gasteiger partial charge in [-0.2, -0.15) is 0 Å². The van der Waals surface area contributed by atoms with Gasteiger partial charge in [0, 0.05) is 0 Å². The fraction of sp³-hybridized carbons (Fsp3) is 0.250. The van der Waals surface area contributed by atoms with E-state index in [0.29, 0.717) is 18.8 Å². The van der Waals surface area contributed by atoms with Gasteiger partial charge in [-0.25, -0.2) is 13.8 Å². The number of rotatable bonds is 1. The lowest BCUT2D eigenvalue weighted by Crippen LogP contribution is -2.23. The predicted octanol–water partition coefficient (Wildman–Crippen LogP) is 2.28. The van der Waals surface area contributed by atoms with E-state index in [0.717, 1.165) is 11.8 Å². The third-order valence-corrected chi connectivity index (χ3v) is 2.94. The molecule has 1 unspecified atom stereocenters. The number of imidazole rings is 1. The van der Waals surface area contributed by atoms with Crippen molar-refractivity contribution in [2.75, 3.05) is 6.61 Å². The maximum absolute atomic E-state index is 13.2. The summed E-state index contributed by atoms with van der Waals surface area (Å²) in [5.41, 5.74) is 1.62. The summed E-state index contributed by atoms with van der Waals surface area (Å²) in [6, 6.07) is 3.77. The number of hydrogen-bond acceptors (Lipinski definition) is 2. The molecule has 0 radical (unpaired) electrons. The van der Waals surface area contributed by atoms with Crippen LogP contribution >= 0.6 is 0 Å². The molecule has 2 heterocycles. The van der Waals surface area contributed by atoms with Crippen LogP contribution < -0.4 is 0 Å². The summed E-state index contributed by atoms with van der Waals surface area (Å²) >= 11 is 0. The molecular formula is C12H10F2N2O. The molecule has 1 aliphatic heterocycles. The van der Waals surface area contributed by atoms with E-state index in [9.17, 15) is 8.78 Å². The quantitative estimate of drug-likeness (QED) is 0.759. The number of hydrogen-bond donors (Lipinski definition) is 0. The minimum atomic E-state index is -0.838. The lowest BCUT2D eigenvalue weighted by Gasteiger charge is -2.26. The highest BCUT2D eigenvalue weighted by Gasteiger charge is 2.22. The zero-order chi connectivity index (χ0) is 11.8. The molecule has 0 saturated carbocycles. The number of fused-ring (bicyclic) bond motifs is 1. The van der Waals surface area contributed by atoms with Crippen molar-refractivity contribution in [2.24, 2.45) is 0 Å². The van der Waals surface area contributed by atoms with Crippen molar-refractivity contribution in [1.82, 2.24) is 9.55 Å². The number of nitrogens with zero attached hydrogens (tertiary/aromatic N) is 2. The highest BCUT2D eigenvalue weighted by Crippen LogP contribution is 2.26. The van der Waals surface area contributed by atoms with Gasteiger partial charge in [0.25, 0.3) is 0 Å². The fourth-order valence-electron chi connectivity index (χ4n) is 2.06. The van der Waals surface area contributed by atoms with Gasteiger partial charge in [-0.1, -0.05) is 6.07 Å². The second kappa shape index (κ2) is 3.92. The van der Waals surface area contributed by atoms with E-state index < -0.39 is 11.6 Å². The zero-order valence-corrected chi connectivity index (χ0v) is 8.94. The number of halogens is 2. The van der Waals surface area contributed by atoms with Crippen LogP contribution in [0.1, 0.15) is 17.3 Å². The van der Waals surface area contributed by atoms with Crippen LogP contribution in [-0.4, -0.2) is 16.2 Å². The maximum atomic E-state index is 13.2. The maximum Gasteiger partial charge on any atom is 0.159 e. The molecule has 3 nitrogen and oxygen atoms in total. The topological polar surface area (TPSA) is 27.1 Å². The first-order valence-corrected chi connectivity index (χ1v) is 5.29. The second-order valence-electron chi connectivity index (χ2n) is 4.00. The fourth-order valence-corrected chi connectivity index (χ4v) is 2.06. The van der Waals surface area contributed by atoms with Crippen LogP contribution in [0.25, 0.3) is 0 Å². The molecule has 0 amide bonds. The Bertz CT molecular complexity index is 553. The SMILES string of the molecule is Fc1ccc(C2COCc3cncn32)cc1F. The molecule has 1 aromatic heterocycles. The standard InChI is InChI=1S/C12H10F2N2O/c13-10-2-1-8(3-11(10)14)12-6-17-5-9-4-15-7-16(9)12/h1-4,7,12H,5-6H2. The molecule has 0 aliphatic carbocycles. The van der Waals surface area contributed by atoms with Gasteiger partial charge in [0.05, 0.1) is 37.5 Å². The van der Waals surface area contributed by atoms with Crippen LogP contribution in [0.4, 0.5) is 8.78 Å². The summed E-state index contributed by atoms with van der Waals surface area (Å²) in [6.07, 6.45) is 3.40. The lowest BCUT2D eigenvalue weighted by molar-refractivity contribution is 0.0694. The van der Waals surface area contributed by atoms with Crippen molar-refractivity contribution in [3.63, 3.8) is 0 Å². The minimum absolute atomic E-state index is 0.142. The van der Waals surface area contributed by atoms with Crippen molar-refractivity contribution >= 4 is 0 Å². The van der Waals surface area contributed by atoms with Crippen LogP contribution in [0.3, 0.4) is 0 Å². The Balaban J connectivity index is 2.03. The number of aromatic nitrogens is 2. The predicted molar refractivity (Wildman–Crippen MR) is 56.4 cm³/mol. The molecule has 17 heavy (non-hydrogen) atoms. The van der Waals surface area contributed by atoms with Crippen molar-refractivity contribution < 1.29 is 13.5 Å². The molecule has 0 bridgehead atoms. The normalized spacial score (nSPS) is 19.1. The lowest BCUT2D eigenvalue weighted by atomic mass is 10.1. The molecule has 0 N–H and O–H groups in total. The summed E-state index contributed by atoms with van der Waals surface area (Å²) in [5.74, 6) is -1.67. The molecule has 5 heteroatoms. The Hall–Kier alpha value is -1.75. The first-order chi connectivity index (χ1) is 8.25. The van der Waals surface area contributed by atoms with Gasteiger partial charge in [-0.15, -0.1) is 0 Å². The summed E-state index contributed by atoms with van der Waals surface area (Å²) in [5, 5.41) is 0. The van der Waals surface area contributed by atoms with E-state index in [2.05, 4.69) is 4.98 Å². The molecular weight excluding hydrogens is 226 g/mol. The van der Waals surface area contributed by atoms with Crippen LogP contribution in [-0.2, 0) is 11.3 Å². The van der Waals surface area contributed by atoms with E-state index in [1.54, 1.807) is 18.6 Å². The summed E-state index contributed by atoms with van der Waals surface area (Å²) < 4.78 is 33.4. The smallest absolute Gasteiger partial charge is 0.159 e. The van der Waals surface area contributed by atoms with Gasteiger partial charge in [-0.3, -0.25) is 0 Å². The van der Waals surface area contributed by atoms with Gasteiger partial charge in [0.1, 0.15) is 0 Å². The van der Waals surface area contributed by atoms with E-state index in [1.165, 1.54) is 6.07 Å². The molecule has 3 rings (SSSR count). The van der Waals surface area contributed by atoms with Gasteiger partial charge < -0.3 is 9.30 Å². The molecule has 2 aromatic rings. The monoisotopic (exact) mass is 236 g/mol. The van der Waals surface area contributed by atoms with E-state index in [-0.39, 0.29) is 6.04 Å². The van der Waals surface area contributed by atoms with Crippen LogP contribution in [0.2, 0.25) is 0 Å². The average Bonchev–Trinajstić information content (AvgIpc) is 2.80. The Morgan fingerprint density at radius 3 is 3.00 bits per heavy atom. The summed E-state index contributed by atoms with van der Waals surface area (Å²) in [7, 11) is 0. The van der Waals surface area contributed by atoms with Crippen LogP contribution in [0, 0.1) is 11.6 Å². The molecule has 1 atom stereocenters. The highest BCUT2D eigenvalue weighted by atomic mass is 19.2. The third kappa shape index (κ3) is 1.72. The van der Waals surface area contributed by atoms with Crippen molar-refractivity contribution in [1.29, 1.82) is 0 Å². The molecule has 0 fully saturated rings. The minimum Gasteiger partial charge on any atom is -0.373 e. The zero-order valence-electron chi connectivity index (χ0n) is 8.94. The first-order valence-electron chi connectivity index (χ1n) is 5.29. The van der Waals surface area contributed by atoms with Crippen molar-refractivity contribution in [3.05, 3.63) is 53.6 Å². The third-order valence-electron chi connectivity index (χ3n) is 2.94. The van der Waals surface area contributed by atoms with E-state index in [1.807, 2.05) is 4.57 Å². The Morgan fingerprint density at radius 1 is 1.29 bits per heavy atom. The molecule has 0 saturated heterocycles.